The highest BCUT2D eigenvalue weighted by atomic mass is 16.6. The van der Waals surface area contributed by atoms with E-state index in [2.05, 4.69) is 4.74 Å². The van der Waals surface area contributed by atoms with Gasteiger partial charge in [0.05, 0.1) is 18.2 Å². The zero-order chi connectivity index (χ0) is 16.0. The average Bonchev–Trinajstić information content (AvgIpc) is 2.42. The van der Waals surface area contributed by atoms with Crippen LogP contribution in [0, 0.1) is 11.3 Å². The number of hydrogen-bond acceptors (Lipinski definition) is 6. The number of nitriles is 1. The van der Waals surface area contributed by atoms with Crippen molar-refractivity contribution in [3.8, 4) is 11.8 Å². The third-order valence-electron chi connectivity index (χ3n) is 2.29. The van der Waals surface area contributed by atoms with Gasteiger partial charge in [-0.2, -0.15) is 5.26 Å². The van der Waals surface area contributed by atoms with Crippen molar-refractivity contribution in [2.24, 2.45) is 0 Å². The van der Waals surface area contributed by atoms with Crippen molar-refractivity contribution in [3.63, 3.8) is 0 Å². The van der Waals surface area contributed by atoms with Crippen LogP contribution in [0.25, 0.3) is 0 Å². The molecule has 0 radical (unpaired) electrons. The molecule has 0 aliphatic heterocycles. The van der Waals surface area contributed by atoms with Gasteiger partial charge in [0.1, 0.15) is 17.4 Å². The van der Waals surface area contributed by atoms with Crippen molar-refractivity contribution in [2.75, 3.05) is 13.7 Å². The number of nitrogens with zero attached hydrogens (tertiary/aromatic N) is 1. The minimum Gasteiger partial charge on any atom is -0.481 e. The number of methoxy groups -OCH3 is 1. The summed E-state index contributed by atoms with van der Waals surface area (Å²) in [4.78, 5) is 22.9. The number of carbonyl (C=O) groups excluding carboxylic acids is 2. The van der Waals surface area contributed by atoms with Crippen LogP contribution in [-0.2, 0) is 14.3 Å². The first-order valence-corrected chi connectivity index (χ1v) is 6.24. The number of carbonyl (C=O) groups is 2. The lowest BCUT2D eigenvalue weighted by atomic mass is 10.1. The van der Waals surface area contributed by atoms with Crippen LogP contribution in [0.15, 0.2) is 18.2 Å². The molecule has 1 aromatic carbocycles. The van der Waals surface area contributed by atoms with Crippen LogP contribution in [0.3, 0.4) is 0 Å². The van der Waals surface area contributed by atoms with E-state index in [-0.39, 0.29) is 23.5 Å². The summed E-state index contributed by atoms with van der Waals surface area (Å²) in [6.45, 7) is 4.92. The molecule has 0 spiro atoms. The van der Waals surface area contributed by atoms with Crippen LogP contribution >= 0.6 is 0 Å². The fourth-order valence-electron chi connectivity index (χ4n) is 1.50. The summed E-state index contributed by atoms with van der Waals surface area (Å²) in [7, 11) is 1.25. The molecule has 21 heavy (non-hydrogen) atoms. The Morgan fingerprint density at radius 1 is 1.29 bits per heavy atom. The van der Waals surface area contributed by atoms with Gasteiger partial charge in [0.25, 0.3) is 0 Å². The van der Waals surface area contributed by atoms with E-state index >= 15 is 0 Å². The summed E-state index contributed by atoms with van der Waals surface area (Å²) in [5, 5.41) is 9.05. The Morgan fingerprint density at radius 3 is 2.48 bits per heavy atom. The lowest BCUT2D eigenvalue weighted by molar-refractivity contribution is -0.157. The molecule has 1 aromatic rings. The maximum Gasteiger partial charge on any atom is 0.344 e. The Labute approximate surface area is 123 Å². The highest BCUT2D eigenvalue weighted by Gasteiger charge is 2.17. The van der Waals surface area contributed by atoms with Gasteiger partial charge in [-0.05, 0) is 39.0 Å². The summed E-state index contributed by atoms with van der Waals surface area (Å²) < 4.78 is 14.9. The monoisotopic (exact) mass is 291 g/mol. The van der Waals surface area contributed by atoms with Gasteiger partial charge in [-0.15, -0.1) is 0 Å². The number of hydrogen-bond donors (Lipinski definition) is 0. The lowest BCUT2D eigenvalue weighted by Crippen LogP contribution is -2.27. The molecule has 0 atom stereocenters. The van der Waals surface area contributed by atoms with Gasteiger partial charge in [0, 0.05) is 0 Å². The van der Waals surface area contributed by atoms with Crippen molar-refractivity contribution in [1.29, 1.82) is 5.26 Å². The molecule has 0 amide bonds. The number of ether oxygens (including phenoxy) is 3. The van der Waals surface area contributed by atoms with E-state index in [1.165, 1.54) is 25.3 Å². The SMILES string of the molecule is COC(=O)c1ccc(OCC(=O)OC(C)(C)C)c(C#N)c1. The molecule has 0 aliphatic carbocycles. The Bertz CT molecular complexity index is 581. The second-order valence-corrected chi connectivity index (χ2v) is 5.19. The van der Waals surface area contributed by atoms with Gasteiger partial charge in [-0.25, -0.2) is 9.59 Å². The molecule has 0 heterocycles. The van der Waals surface area contributed by atoms with Crippen molar-refractivity contribution in [2.45, 2.75) is 26.4 Å². The van der Waals surface area contributed by atoms with E-state index in [1.807, 2.05) is 6.07 Å². The Morgan fingerprint density at radius 2 is 1.95 bits per heavy atom. The zero-order valence-electron chi connectivity index (χ0n) is 12.4. The highest BCUT2D eigenvalue weighted by Crippen LogP contribution is 2.20. The predicted octanol–water partition coefficient (Wildman–Crippen LogP) is 2.07. The Hall–Kier alpha value is -2.55. The van der Waals surface area contributed by atoms with Crippen molar-refractivity contribution < 1.29 is 23.8 Å². The minimum atomic E-state index is -0.604. The smallest absolute Gasteiger partial charge is 0.344 e. The summed E-state index contributed by atoms with van der Waals surface area (Å²) in [6.07, 6.45) is 0. The van der Waals surface area contributed by atoms with Gasteiger partial charge in [0.15, 0.2) is 6.61 Å². The van der Waals surface area contributed by atoms with Crippen molar-refractivity contribution in [3.05, 3.63) is 29.3 Å². The molecular formula is C15H17NO5. The van der Waals surface area contributed by atoms with E-state index in [4.69, 9.17) is 14.7 Å². The van der Waals surface area contributed by atoms with Crippen molar-refractivity contribution >= 4 is 11.9 Å². The summed E-state index contributed by atoms with van der Waals surface area (Å²) in [6, 6.07) is 6.14. The summed E-state index contributed by atoms with van der Waals surface area (Å²) in [5.74, 6) is -0.885. The second kappa shape index (κ2) is 6.75. The minimum absolute atomic E-state index is 0.140. The third kappa shape index (κ3) is 5.15. The van der Waals surface area contributed by atoms with Gasteiger partial charge >= 0.3 is 11.9 Å². The fourth-order valence-corrected chi connectivity index (χ4v) is 1.50. The molecule has 0 N–H and O–H groups in total. The molecule has 112 valence electrons. The average molecular weight is 291 g/mol. The van der Waals surface area contributed by atoms with Gasteiger partial charge in [-0.3, -0.25) is 0 Å². The van der Waals surface area contributed by atoms with E-state index in [9.17, 15) is 9.59 Å². The van der Waals surface area contributed by atoms with Gasteiger partial charge in [-0.1, -0.05) is 0 Å². The molecule has 0 bridgehead atoms. The molecule has 0 unspecified atom stereocenters. The maximum absolute atomic E-state index is 11.5. The first-order chi connectivity index (χ1) is 9.76. The highest BCUT2D eigenvalue weighted by molar-refractivity contribution is 5.90. The summed E-state index contributed by atoms with van der Waals surface area (Å²) >= 11 is 0. The molecule has 1 rings (SSSR count). The fraction of sp³-hybridized carbons (Fsp3) is 0.400. The van der Waals surface area contributed by atoms with Gasteiger partial charge in [0.2, 0.25) is 0 Å². The van der Waals surface area contributed by atoms with E-state index in [1.54, 1.807) is 20.8 Å². The van der Waals surface area contributed by atoms with Crippen LogP contribution < -0.4 is 4.74 Å². The quantitative estimate of drug-likeness (QED) is 0.789. The number of rotatable bonds is 4. The first kappa shape index (κ1) is 16.5. The Kier molecular flexibility index (Phi) is 5.30. The van der Waals surface area contributed by atoms with E-state index in [0.717, 1.165) is 0 Å². The molecule has 0 fully saturated rings. The molecule has 0 saturated carbocycles. The first-order valence-electron chi connectivity index (χ1n) is 6.24. The zero-order valence-corrected chi connectivity index (χ0v) is 12.4. The lowest BCUT2D eigenvalue weighted by Gasteiger charge is -2.19. The van der Waals surface area contributed by atoms with Crippen LogP contribution in [-0.4, -0.2) is 31.3 Å². The Balaban J connectivity index is 2.79. The largest absolute Gasteiger partial charge is 0.481 e. The van der Waals surface area contributed by atoms with Crippen LogP contribution in [0.2, 0.25) is 0 Å². The van der Waals surface area contributed by atoms with E-state index < -0.39 is 17.5 Å². The maximum atomic E-state index is 11.5. The second-order valence-electron chi connectivity index (χ2n) is 5.19. The van der Waals surface area contributed by atoms with Gasteiger partial charge < -0.3 is 14.2 Å². The van der Waals surface area contributed by atoms with Crippen LogP contribution in [0.5, 0.6) is 5.75 Å². The predicted molar refractivity (Wildman–Crippen MR) is 73.8 cm³/mol. The topological polar surface area (TPSA) is 85.6 Å². The third-order valence-corrected chi connectivity index (χ3v) is 2.29. The molecule has 0 saturated heterocycles. The molecule has 6 heteroatoms. The molecule has 6 nitrogen and oxygen atoms in total. The summed E-state index contributed by atoms with van der Waals surface area (Å²) in [5.41, 5.74) is -0.229. The molecule has 0 aromatic heterocycles. The number of esters is 2. The number of benzene rings is 1. The van der Waals surface area contributed by atoms with Crippen LogP contribution in [0.1, 0.15) is 36.7 Å². The standard InChI is InChI=1S/C15H17NO5/c1-15(2,3)21-13(17)9-20-12-6-5-10(14(18)19-4)7-11(12)8-16/h5-7H,9H2,1-4H3. The molecule has 0 aliphatic rings. The molecular weight excluding hydrogens is 274 g/mol. The van der Waals surface area contributed by atoms with Crippen molar-refractivity contribution in [1.82, 2.24) is 0 Å². The van der Waals surface area contributed by atoms with E-state index in [0.29, 0.717) is 0 Å². The normalized spacial score (nSPS) is 10.4. The van der Waals surface area contributed by atoms with Crippen LogP contribution in [0.4, 0.5) is 0 Å².